The number of hydrogen-bond donors (Lipinski definition) is 1. The van der Waals surface area contributed by atoms with Crippen molar-refractivity contribution in [3.05, 3.63) is 0 Å². The predicted octanol–water partition coefficient (Wildman–Crippen LogP) is 0.454. The minimum atomic E-state index is -4.89. The Morgan fingerprint density at radius 1 is 1.50 bits per heavy atom. The van der Waals surface area contributed by atoms with Crippen LogP contribution in [0.1, 0.15) is 6.92 Å². The minimum Gasteiger partial charge on any atom is -0.450 e. The van der Waals surface area contributed by atoms with Crippen molar-refractivity contribution in [3.63, 3.8) is 0 Å². The third-order valence-electron chi connectivity index (χ3n) is 1.57. The van der Waals surface area contributed by atoms with Gasteiger partial charge in [-0.15, -0.1) is 0 Å². The van der Waals surface area contributed by atoms with Crippen molar-refractivity contribution < 1.29 is 22.7 Å². The molecule has 12 heavy (non-hydrogen) atoms. The van der Waals surface area contributed by atoms with Gasteiger partial charge >= 0.3 is 12.1 Å². The molecule has 0 aromatic rings. The molecule has 0 unspecified atom stereocenters. The van der Waals surface area contributed by atoms with Gasteiger partial charge < -0.3 is 10.1 Å². The summed E-state index contributed by atoms with van der Waals surface area (Å²) >= 11 is 0. The first kappa shape index (κ1) is 9.31. The summed E-state index contributed by atoms with van der Waals surface area (Å²) in [6.45, 7) is 2.00. The maximum atomic E-state index is 11.6. The molecule has 6 heteroatoms. The second kappa shape index (κ2) is 2.62. The number of hydrogen-bond acceptors (Lipinski definition) is 3. The van der Waals surface area contributed by atoms with Gasteiger partial charge in [-0.1, -0.05) is 0 Å². The van der Waals surface area contributed by atoms with Crippen LogP contribution in [0.2, 0.25) is 0 Å². The van der Waals surface area contributed by atoms with Gasteiger partial charge in [-0.25, -0.2) is 4.79 Å². The monoisotopic (exact) mass is 183 g/mol. The van der Waals surface area contributed by atoms with Gasteiger partial charge in [0.1, 0.15) is 5.60 Å². The van der Waals surface area contributed by atoms with Crippen LogP contribution in [0.25, 0.3) is 0 Å². The molecule has 1 N–H and O–H groups in total. The Labute approximate surface area is 66.9 Å². The Bertz CT molecular complexity index is 197. The normalized spacial score (nSPS) is 21.3. The van der Waals surface area contributed by atoms with Gasteiger partial charge in [-0.3, -0.25) is 0 Å². The van der Waals surface area contributed by atoms with E-state index < -0.39 is 17.7 Å². The molecule has 0 spiro atoms. The van der Waals surface area contributed by atoms with Crippen LogP contribution in [-0.4, -0.2) is 30.8 Å². The van der Waals surface area contributed by atoms with Crippen LogP contribution in [0.15, 0.2) is 0 Å². The number of halogens is 3. The number of nitrogens with one attached hydrogen (secondary N) is 1. The number of ether oxygens (including phenoxy) is 1. The lowest BCUT2D eigenvalue weighted by Crippen LogP contribution is -2.60. The molecule has 0 radical (unpaired) electrons. The quantitative estimate of drug-likeness (QED) is 0.600. The second-order valence-electron chi connectivity index (χ2n) is 2.94. The zero-order valence-corrected chi connectivity index (χ0v) is 6.36. The Kier molecular flexibility index (Phi) is 2.03. The lowest BCUT2D eigenvalue weighted by Gasteiger charge is -2.38. The number of carbonyl (C=O) groups excluding carboxylic acids is 1. The zero-order chi connectivity index (χ0) is 9.41. The molecule has 0 atom stereocenters. The van der Waals surface area contributed by atoms with Crippen molar-refractivity contribution in [1.82, 2.24) is 5.32 Å². The van der Waals surface area contributed by atoms with E-state index in [4.69, 9.17) is 0 Å². The summed E-state index contributed by atoms with van der Waals surface area (Å²) in [4.78, 5) is 10.3. The standard InChI is InChI=1S/C6H8F3NO2/c1-5(2-10-3-5)12-4(11)6(7,8)9/h10H,2-3H2,1H3. The summed E-state index contributed by atoms with van der Waals surface area (Å²) < 4.78 is 39.1. The summed E-state index contributed by atoms with van der Waals surface area (Å²) in [7, 11) is 0. The number of alkyl halides is 3. The van der Waals surface area contributed by atoms with Crippen LogP contribution in [0.4, 0.5) is 13.2 Å². The van der Waals surface area contributed by atoms with E-state index in [1.54, 1.807) is 0 Å². The van der Waals surface area contributed by atoms with Crippen molar-refractivity contribution in [2.45, 2.75) is 18.7 Å². The van der Waals surface area contributed by atoms with Crippen molar-refractivity contribution in [2.24, 2.45) is 0 Å². The number of esters is 1. The molecule has 1 heterocycles. The van der Waals surface area contributed by atoms with E-state index in [0.717, 1.165) is 0 Å². The van der Waals surface area contributed by atoms with Crippen LogP contribution in [0, 0.1) is 0 Å². The van der Waals surface area contributed by atoms with Crippen LogP contribution in [-0.2, 0) is 9.53 Å². The van der Waals surface area contributed by atoms with Crippen molar-refractivity contribution in [1.29, 1.82) is 0 Å². The van der Waals surface area contributed by atoms with Gasteiger partial charge in [0, 0.05) is 13.1 Å². The van der Waals surface area contributed by atoms with E-state index in [9.17, 15) is 18.0 Å². The maximum absolute atomic E-state index is 11.6. The van der Waals surface area contributed by atoms with E-state index in [2.05, 4.69) is 10.1 Å². The highest BCUT2D eigenvalue weighted by Crippen LogP contribution is 2.23. The topological polar surface area (TPSA) is 38.3 Å². The molecule has 1 aliphatic heterocycles. The summed E-state index contributed by atoms with van der Waals surface area (Å²) in [5, 5.41) is 2.71. The Balaban J connectivity index is 2.46. The molecule has 0 aromatic heterocycles. The molecule has 0 saturated carbocycles. The van der Waals surface area contributed by atoms with Gasteiger partial charge in [-0.2, -0.15) is 13.2 Å². The van der Waals surface area contributed by atoms with E-state index >= 15 is 0 Å². The fraction of sp³-hybridized carbons (Fsp3) is 0.833. The van der Waals surface area contributed by atoms with Crippen LogP contribution in [0.3, 0.4) is 0 Å². The van der Waals surface area contributed by atoms with Crippen LogP contribution >= 0.6 is 0 Å². The van der Waals surface area contributed by atoms with Gasteiger partial charge in [0.15, 0.2) is 0 Å². The lowest BCUT2D eigenvalue weighted by molar-refractivity contribution is -0.216. The van der Waals surface area contributed by atoms with Crippen LogP contribution < -0.4 is 5.32 Å². The van der Waals surface area contributed by atoms with Gasteiger partial charge in [0.05, 0.1) is 0 Å². The molecule has 1 saturated heterocycles. The largest absolute Gasteiger partial charge is 0.490 e. The molecule has 0 amide bonds. The van der Waals surface area contributed by atoms with Crippen molar-refractivity contribution in [3.8, 4) is 0 Å². The molecule has 70 valence electrons. The maximum Gasteiger partial charge on any atom is 0.490 e. The minimum absolute atomic E-state index is 0.273. The zero-order valence-electron chi connectivity index (χ0n) is 6.36. The molecular weight excluding hydrogens is 175 g/mol. The van der Waals surface area contributed by atoms with Crippen LogP contribution in [0.5, 0.6) is 0 Å². The predicted molar refractivity (Wildman–Crippen MR) is 33.4 cm³/mol. The highest BCUT2D eigenvalue weighted by molar-refractivity contribution is 5.76. The molecular formula is C6H8F3NO2. The van der Waals surface area contributed by atoms with E-state index in [1.807, 2.05) is 0 Å². The average molecular weight is 183 g/mol. The molecule has 1 rings (SSSR count). The SMILES string of the molecule is CC1(OC(=O)C(F)(F)F)CNC1. The van der Waals surface area contributed by atoms with E-state index in [1.165, 1.54) is 6.92 Å². The fourth-order valence-electron chi connectivity index (χ4n) is 0.831. The average Bonchev–Trinajstić information content (AvgIpc) is 1.82. The van der Waals surface area contributed by atoms with Gasteiger partial charge in [0.25, 0.3) is 0 Å². The smallest absolute Gasteiger partial charge is 0.450 e. The first-order valence-electron chi connectivity index (χ1n) is 3.34. The van der Waals surface area contributed by atoms with E-state index in [-0.39, 0.29) is 13.1 Å². The van der Waals surface area contributed by atoms with Crippen molar-refractivity contribution >= 4 is 5.97 Å². The molecule has 3 nitrogen and oxygen atoms in total. The summed E-state index contributed by atoms with van der Waals surface area (Å²) in [5.74, 6) is -2.12. The highest BCUT2D eigenvalue weighted by atomic mass is 19.4. The second-order valence-corrected chi connectivity index (χ2v) is 2.94. The van der Waals surface area contributed by atoms with Gasteiger partial charge in [-0.05, 0) is 6.92 Å². The number of carbonyl (C=O) groups is 1. The number of rotatable bonds is 1. The molecule has 0 aliphatic carbocycles. The first-order valence-corrected chi connectivity index (χ1v) is 3.34. The first-order chi connectivity index (χ1) is 5.33. The molecule has 1 aliphatic rings. The molecule has 0 bridgehead atoms. The summed E-state index contributed by atoms with van der Waals surface area (Å²) in [6, 6.07) is 0. The van der Waals surface area contributed by atoms with Gasteiger partial charge in [0.2, 0.25) is 0 Å². The molecule has 0 aromatic carbocycles. The fourth-order valence-corrected chi connectivity index (χ4v) is 0.831. The van der Waals surface area contributed by atoms with E-state index in [0.29, 0.717) is 0 Å². The summed E-state index contributed by atoms with van der Waals surface area (Å²) in [5.41, 5.74) is -0.980. The van der Waals surface area contributed by atoms with Crippen molar-refractivity contribution in [2.75, 3.05) is 13.1 Å². The Morgan fingerprint density at radius 2 is 2.00 bits per heavy atom. The Morgan fingerprint density at radius 3 is 2.25 bits per heavy atom. The third-order valence-corrected chi connectivity index (χ3v) is 1.57. The lowest BCUT2D eigenvalue weighted by atomic mass is 10.0. The Hall–Kier alpha value is -0.780. The molecule has 1 fully saturated rings. The highest BCUT2D eigenvalue weighted by Gasteiger charge is 2.46. The summed E-state index contributed by atoms with van der Waals surface area (Å²) in [6.07, 6.45) is -4.89. The third kappa shape index (κ3) is 1.88.